The van der Waals surface area contributed by atoms with Gasteiger partial charge in [0.15, 0.2) is 0 Å². The maximum atomic E-state index is 11.1. The predicted octanol–water partition coefficient (Wildman–Crippen LogP) is 2.47. The van der Waals surface area contributed by atoms with Crippen LogP contribution in [-0.4, -0.2) is 17.6 Å². The fourth-order valence-electron chi connectivity index (χ4n) is 1.61. The number of nitrogens with one attached hydrogen (secondary N) is 1. The number of carboxylic acids is 1. The highest BCUT2D eigenvalue weighted by molar-refractivity contribution is 6.30. The Balaban J connectivity index is 2.04. The molecule has 0 radical (unpaired) electrons. The molecule has 1 atom stereocenters. The molecule has 1 aromatic carbocycles. The second-order valence-electron chi connectivity index (χ2n) is 4.17. The molecule has 0 amide bonds. The third-order valence-electron chi connectivity index (χ3n) is 2.76. The van der Waals surface area contributed by atoms with Gasteiger partial charge in [-0.05, 0) is 43.0 Å². The van der Waals surface area contributed by atoms with Crippen LogP contribution in [0.3, 0.4) is 0 Å². The summed E-state index contributed by atoms with van der Waals surface area (Å²) >= 11 is 5.77. The molecule has 2 N–H and O–H groups in total. The average molecular weight is 240 g/mol. The Labute approximate surface area is 99.4 Å². The van der Waals surface area contributed by atoms with Crippen molar-refractivity contribution in [3.05, 3.63) is 34.9 Å². The van der Waals surface area contributed by atoms with Gasteiger partial charge in [-0.25, -0.2) is 0 Å². The van der Waals surface area contributed by atoms with Crippen LogP contribution in [0.5, 0.6) is 0 Å². The van der Waals surface area contributed by atoms with Gasteiger partial charge >= 0.3 is 5.97 Å². The average Bonchev–Trinajstić information content (AvgIpc) is 3.04. The van der Waals surface area contributed by atoms with Crippen molar-refractivity contribution in [3.63, 3.8) is 0 Å². The summed E-state index contributed by atoms with van der Waals surface area (Å²) in [6.45, 7) is 0.777. The maximum absolute atomic E-state index is 11.1. The first-order valence-electron chi connectivity index (χ1n) is 5.38. The van der Waals surface area contributed by atoms with Gasteiger partial charge in [-0.2, -0.15) is 0 Å². The molecular formula is C12H14ClNO2. The SMILES string of the molecule is O=C(O)C(NCC1CC1)c1ccc(Cl)cc1. The standard InChI is InChI=1S/C12H14ClNO2/c13-10-5-3-9(4-6-10)11(12(15)16)14-7-8-1-2-8/h3-6,8,11,14H,1-2,7H2,(H,15,16). The van der Waals surface area contributed by atoms with E-state index in [1.54, 1.807) is 24.3 Å². The number of carbonyl (C=O) groups is 1. The molecule has 1 fully saturated rings. The quantitative estimate of drug-likeness (QED) is 0.830. The first-order chi connectivity index (χ1) is 7.66. The Bertz CT molecular complexity index is 373. The molecule has 86 valence electrons. The van der Waals surface area contributed by atoms with Crippen molar-refractivity contribution in [3.8, 4) is 0 Å². The Morgan fingerprint density at radius 1 is 1.44 bits per heavy atom. The third kappa shape index (κ3) is 2.97. The molecule has 16 heavy (non-hydrogen) atoms. The predicted molar refractivity (Wildman–Crippen MR) is 62.6 cm³/mol. The number of halogens is 1. The van der Waals surface area contributed by atoms with Crippen molar-refractivity contribution in [2.24, 2.45) is 5.92 Å². The fraction of sp³-hybridized carbons (Fsp3) is 0.417. The number of benzene rings is 1. The number of hydrogen-bond acceptors (Lipinski definition) is 2. The normalized spacial score (nSPS) is 17.1. The second-order valence-corrected chi connectivity index (χ2v) is 4.61. The van der Waals surface area contributed by atoms with Crippen molar-refractivity contribution in [1.82, 2.24) is 5.32 Å². The molecule has 1 aliphatic rings. The van der Waals surface area contributed by atoms with Crippen LogP contribution in [0, 0.1) is 5.92 Å². The molecule has 4 heteroatoms. The zero-order valence-corrected chi connectivity index (χ0v) is 9.57. The number of carboxylic acid groups (broad SMARTS) is 1. The minimum Gasteiger partial charge on any atom is -0.480 e. The summed E-state index contributed by atoms with van der Waals surface area (Å²) in [7, 11) is 0. The van der Waals surface area contributed by atoms with Crippen LogP contribution in [0.4, 0.5) is 0 Å². The lowest BCUT2D eigenvalue weighted by atomic mass is 10.1. The van der Waals surface area contributed by atoms with Crippen LogP contribution in [0.15, 0.2) is 24.3 Å². The third-order valence-corrected chi connectivity index (χ3v) is 3.01. The summed E-state index contributed by atoms with van der Waals surface area (Å²) in [4.78, 5) is 11.1. The van der Waals surface area contributed by atoms with E-state index in [1.165, 1.54) is 12.8 Å². The minimum absolute atomic E-state index is 0.620. The Hall–Kier alpha value is -1.06. The largest absolute Gasteiger partial charge is 0.480 e. The zero-order valence-electron chi connectivity index (χ0n) is 8.82. The maximum Gasteiger partial charge on any atom is 0.325 e. The second kappa shape index (κ2) is 4.85. The van der Waals surface area contributed by atoms with Crippen molar-refractivity contribution in [2.45, 2.75) is 18.9 Å². The zero-order chi connectivity index (χ0) is 11.5. The van der Waals surface area contributed by atoms with Crippen LogP contribution in [0.25, 0.3) is 0 Å². The molecule has 2 rings (SSSR count). The molecule has 0 saturated heterocycles. The minimum atomic E-state index is -0.844. The van der Waals surface area contributed by atoms with Crippen LogP contribution < -0.4 is 5.32 Å². The van der Waals surface area contributed by atoms with Crippen molar-refractivity contribution in [2.75, 3.05) is 6.54 Å². The van der Waals surface area contributed by atoms with Gasteiger partial charge in [0.1, 0.15) is 6.04 Å². The molecule has 3 nitrogen and oxygen atoms in total. The first-order valence-corrected chi connectivity index (χ1v) is 5.76. The van der Waals surface area contributed by atoms with Gasteiger partial charge < -0.3 is 10.4 Å². The lowest BCUT2D eigenvalue weighted by Crippen LogP contribution is -2.30. The molecule has 1 aliphatic carbocycles. The van der Waals surface area contributed by atoms with Gasteiger partial charge in [-0.3, -0.25) is 4.79 Å². The highest BCUT2D eigenvalue weighted by Gasteiger charge is 2.25. The summed E-state index contributed by atoms with van der Waals surface area (Å²) in [6, 6.07) is 6.30. The molecule has 1 aromatic rings. The number of aliphatic carboxylic acids is 1. The van der Waals surface area contributed by atoms with Gasteiger partial charge in [0, 0.05) is 5.02 Å². The lowest BCUT2D eigenvalue weighted by molar-refractivity contribution is -0.139. The molecule has 1 unspecified atom stereocenters. The molecule has 0 spiro atoms. The van der Waals surface area contributed by atoms with E-state index in [-0.39, 0.29) is 0 Å². The van der Waals surface area contributed by atoms with Gasteiger partial charge in [0.05, 0.1) is 0 Å². The van der Waals surface area contributed by atoms with Crippen molar-refractivity contribution >= 4 is 17.6 Å². The Morgan fingerprint density at radius 2 is 2.06 bits per heavy atom. The van der Waals surface area contributed by atoms with Crippen LogP contribution >= 0.6 is 11.6 Å². The van der Waals surface area contributed by atoms with E-state index < -0.39 is 12.0 Å². The summed E-state index contributed by atoms with van der Waals surface area (Å²) < 4.78 is 0. The van der Waals surface area contributed by atoms with Crippen molar-refractivity contribution in [1.29, 1.82) is 0 Å². The number of rotatable bonds is 5. The van der Waals surface area contributed by atoms with E-state index in [0.29, 0.717) is 10.9 Å². The molecule has 0 bridgehead atoms. The summed E-state index contributed by atoms with van der Waals surface area (Å²) in [6.07, 6.45) is 2.42. The van der Waals surface area contributed by atoms with Gasteiger partial charge in [-0.15, -0.1) is 0 Å². The van der Waals surface area contributed by atoms with Crippen LogP contribution in [0.1, 0.15) is 24.4 Å². The van der Waals surface area contributed by atoms with Crippen LogP contribution in [-0.2, 0) is 4.79 Å². The van der Waals surface area contributed by atoms with E-state index >= 15 is 0 Å². The molecule has 0 aromatic heterocycles. The van der Waals surface area contributed by atoms with Gasteiger partial charge in [0.25, 0.3) is 0 Å². The van der Waals surface area contributed by atoms with Crippen LogP contribution in [0.2, 0.25) is 5.02 Å². The van der Waals surface area contributed by atoms with Gasteiger partial charge in [-0.1, -0.05) is 23.7 Å². The van der Waals surface area contributed by atoms with Gasteiger partial charge in [0.2, 0.25) is 0 Å². The fourth-order valence-corrected chi connectivity index (χ4v) is 1.74. The highest BCUT2D eigenvalue weighted by Crippen LogP contribution is 2.28. The number of hydrogen-bond donors (Lipinski definition) is 2. The van der Waals surface area contributed by atoms with E-state index in [4.69, 9.17) is 16.7 Å². The summed E-state index contributed by atoms with van der Waals surface area (Å²) in [5.41, 5.74) is 0.748. The van der Waals surface area contributed by atoms with E-state index in [2.05, 4.69) is 5.32 Å². The Kier molecular flexibility index (Phi) is 3.46. The summed E-state index contributed by atoms with van der Waals surface area (Å²) in [5, 5.41) is 12.8. The van der Waals surface area contributed by atoms with E-state index in [9.17, 15) is 4.79 Å². The Morgan fingerprint density at radius 3 is 2.56 bits per heavy atom. The summed E-state index contributed by atoms with van der Waals surface area (Å²) in [5.74, 6) is -0.183. The van der Waals surface area contributed by atoms with Crippen molar-refractivity contribution < 1.29 is 9.90 Å². The highest BCUT2D eigenvalue weighted by atomic mass is 35.5. The molecule has 1 saturated carbocycles. The molecule has 0 heterocycles. The van der Waals surface area contributed by atoms with E-state index in [0.717, 1.165) is 12.1 Å². The molecule has 0 aliphatic heterocycles. The smallest absolute Gasteiger partial charge is 0.325 e. The monoisotopic (exact) mass is 239 g/mol. The first kappa shape index (κ1) is 11.4. The van der Waals surface area contributed by atoms with E-state index in [1.807, 2.05) is 0 Å². The molecular weight excluding hydrogens is 226 g/mol. The lowest BCUT2D eigenvalue weighted by Gasteiger charge is -2.14. The topological polar surface area (TPSA) is 49.3 Å².